The summed E-state index contributed by atoms with van der Waals surface area (Å²) in [6, 6.07) is 2.06. The van der Waals surface area contributed by atoms with Crippen molar-refractivity contribution in [3.05, 3.63) is 23.7 Å². The first-order valence-electron chi connectivity index (χ1n) is 6.70. The topological polar surface area (TPSA) is 45.6 Å². The second kappa shape index (κ2) is 5.43. The second-order valence-electron chi connectivity index (χ2n) is 5.59. The van der Waals surface area contributed by atoms with Crippen molar-refractivity contribution in [2.75, 3.05) is 33.7 Å². The number of hydrogen-bond donors (Lipinski definition) is 1. The molecule has 4 heteroatoms. The summed E-state index contributed by atoms with van der Waals surface area (Å²) in [6.07, 6.45) is 4.06. The van der Waals surface area contributed by atoms with Gasteiger partial charge in [0.1, 0.15) is 5.76 Å². The molecule has 1 aliphatic rings. The van der Waals surface area contributed by atoms with Gasteiger partial charge in [0.2, 0.25) is 0 Å². The van der Waals surface area contributed by atoms with E-state index in [1.165, 1.54) is 5.56 Å². The molecule has 1 fully saturated rings. The third-order valence-corrected chi connectivity index (χ3v) is 4.48. The molecule has 0 aromatic carbocycles. The Hall–Kier alpha value is -0.840. The highest BCUT2D eigenvalue weighted by Crippen LogP contribution is 2.28. The van der Waals surface area contributed by atoms with E-state index in [1.54, 1.807) is 6.26 Å². The third-order valence-electron chi connectivity index (χ3n) is 4.48. The largest absolute Gasteiger partial charge is 0.469 e. The fourth-order valence-corrected chi connectivity index (χ4v) is 2.77. The number of nitrogens with zero attached hydrogens (tertiary/aromatic N) is 2. The molecule has 0 spiro atoms. The maximum Gasteiger partial charge on any atom is 0.105 e. The van der Waals surface area contributed by atoms with Crippen LogP contribution in [-0.2, 0) is 6.54 Å². The molecule has 0 bridgehead atoms. The van der Waals surface area contributed by atoms with Crippen LogP contribution in [0.2, 0.25) is 0 Å². The molecule has 0 unspecified atom stereocenters. The lowest BCUT2D eigenvalue weighted by Gasteiger charge is -2.46. The molecule has 0 amide bonds. The normalized spacial score (nSPS) is 20.5. The summed E-state index contributed by atoms with van der Waals surface area (Å²) in [5, 5.41) is 0. The second-order valence-corrected chi connectivity index (χ2v) is 5.59. The van der Waals surface area contributed by atoms with Crippen LogP contribution >= 0.6 is 0 Å². The molecule has 102 valence electrons. The van der Waals surface area contributed by atoms with Gasteiger partial charge in [-0.05, 0) is 53.0 Å². The lowest BCUT2D eigenvalue weighted by molar-refractivity contribution is 0.0482. The first-order valence-corrected chi connectivity index (χ1v) is 6.70. The van der Waals surface area contributed by atoms with Gasteiger partial charge in [0, 0.05) is 24.2 Å². The number of piperidine rings is 1. The van der Waals surface area contributed by atoms with E-state index < -0.39 is 0 Å². The predicted octanol–water partition coefficient (Wildman–Crippen LogP) is 1.44. The van der Waals surface area contributed by atoms with E-state index in [2.05, 4.69) is 30.0 Å². The zero-order valence-electron chi connectivity index (χ0n) is 11.8. The molecule has 1 saturated heterocycles. The summed E-state index contributed by atoms with van der Waals surface area (Å²) in [5.74, 6) is 1.02. The van der Waals surface area contributed by atoms with Crippen molar-refractivity contribution in [2.24, 2.45) is 5.73 Å². The lowest BCUT2D eigenvalue weighted by atomic mass is 9.86. The highest BCUT2D eigenvalue weighted by Gasteiger charge is 2.36. The number of hydrogen-bond acceptors (Lipinski definition) is 4. The molecule has 1 aromatic heterocycles. The van der Waals surface area contributed by atoms with Crippen LogP contribution in [0.5, 0.6) is 0 Å². The van der Waals surface area contributed by atoms with Gasteiger partial charge in [-0.2, -0.15) is 0 Å². The minimum absolute atomic E-state index is 0.149. The maximum atomic E-state index is 6.07. The quantitative estimate of drug-likeness (QED) is 0.879. The van der Waals surface area contributed by atoms with Crippen LogP contribution in [0.25, 0.3) is 0 Å². The van der Waals surface area contributed by atoms with Crippen LogP contribution in [0.3, 0.4) is 0 Å². The lowest BCUT2D eigenvalue weighted by Crippen LogP contribution is -2.57. The molecule has 4 nitrogen and oxygen atoms in total. The Morgan fingerprint density at radius 2 is 2.11 bits per heavy atom. The van der Waals surface area contributed by atoms with E-state index in [-0.39, 0.29) is 5.54 Å². The van der Waals surface area contributed by atoms with Crippen molar-refractivity contribution < 1.29 is 4.42 Å². The van der Waals surface area contributed by atoms with Crippen molar-refractivity contribution in [3.8, 4) is 0 Å². The van der Waals surface area contributed by atoms with Gasteiger partial charge in [0.25, 0.3) is 0 Å². The van der Waals surface area contributed by atoms with Crippen LogP contribution in [0.4, 0.5) is 0 Å². The fourth-order valence-electron chi connectivity index (χ4n) is 2.77. The number of likely N-dealkylation sites (N-methyl/N-ethyl adjacent to an activating group) is 1. The van der Waals surface area contributed by atoms with E-state index in [0.29, 0.717) is 0 Å². The summed E-state index contributed by atoms with van der Waals surface area (Å²) >= 11 is 0. The molecule has 0 radical (unpaired) electrons. The van der Waals surface area contributed by atoms with Crippen LogP contribution in [0.15, 0.2) is 16.7 Å². The molecular formula is C14H25N3O. The number of likely N-dealkylation sites (tertiary alicyclic amines) is 1. The average molecular weight is 251 g/mol. The molecule has 1 aromatic rings. The molecule has 1 aliphatic heterocycles. The van der Waals surface area contributed by atoms with Crippen molar-refractivity contribution in [2.45, 2.75) is 31.8 Å². The first-order chi connectivity index (χ1) is 8.57. The van der Waals surface area contributed by atoms with Crippen LogP contribution in [0.1, 0.15) is 24.2 Å². The van der Waals surface area contributed by atoms with Crippen molar-refractivity contribution in [1.82, 2.24) is 9.80 Å². The van der Waals surface area contributed by atoms with Crippen LogP contribution < -0.4 is 5.73 Å². The van der Waals surface area contributed by atoms with Gasteiger partial charge in [0.15, 0.2) is 0 Å². The Morgan fingerprint density at radius 3 is 2.61 bits per heavy atom. The minimum Gasteiger partial charge on any atom is -0.469 e. The number of aryl methyl sites for hydroxylation is 1. The Labute approximate surface area is 110 Å². The van der Waals surface area contributed by atoms with Gasteiger partial charge in [-0.3, -0.25) is 4.90 Å². The van der Waals surface area contributed by atoms with Crippen LogP contribution in [-0.4, -0.2) is 49.1 Å². The molecule has 0 atom stereocenters. The number of furan rings is 1. The zero-order valence-corrected chi connectivity index (χ0v) is 11.8. The highest BCUT2D eigenvalue weighted by molar-refractivity contribution is 5.16. The molecule has 0 saturated carbocycles. The number of nitrogens with two attached hydrogens (primary N) is 1. The van der Waals surface area contributed by atoms with Gasteiger partial charge in [-0.25, -0.2) is 0 Å². The first kappa shape index (κ1) is 13.6. The van der Waals surface area contributed by atoms with E-state index in [4.69, 9.17) is 10.2 Å². The standard InChI is InChI=1S/C14H25N3O/c1-12-13(4-9-18-12)10-17(3)14(11-15)5-7-16(2)8-6-14/h4,9H,5-8,10-11,15H2,1-3H3. The predicted molar refractivity (Wildman–Crippen MR) is 73.4 cm³/mol. The monoisotopic (exact) mass is 251 g/mol. The third kappa shape index (κ3) is 2.60. The average Bonchev–Trinajstić information content (AvgIpc) is 2.76. The maximum absolute atomic E-state index is 6.07. The molecule has 18 heavy (non-hydrogen) atoms. The minimum atomic E-state index is 0.149. The Balaban J connectivity index is 2.06. The molecule has 2 heterocycles. The highest BCUT2D eigenvalue weighted by atomic mass is 16.3. The van der Waals surface area contributed by atoms with Gasteiger partial charge >= 0.3 is 0 Å². The van der Waals surface area contributed by atoms with Crippen molar-refractivity contribution in [1.29, 1.82) is 0 Å². The van der Waals surface area contributed by atoms with E-state index in [0.717, 1.165) is 44.8 Å². The van der Waals surface area contributed by atoms with Gasteiger partial charge in [-0.1, -0.05) is 0 Å². The Kier molecular flexibility index (Phi) is 4.10. The van der Waals surface area contributed by atoms with Gasteiger partial charge < -0.3 is 15.1 Å². The molecule has 0 aliphatic carbocycles. The number of rotatable bonds is 4. The molecular weight excluding hydrogens is 226 g/mol. The summed E-state index contributed by atoms with van der Waals surface area (Å²) in [4.78, 5) is 4.79. The smallest absolute Gasteiger partial charge is 0.105 e. The summed E-state index contributed by atoms with van der Waals surface area (Å²) in [7, 11) is 4.37. The summed E-state index contributed by atoms with van der Waals surface area (Å²) in [5.41, 5.74) is 7.48. The summed E-state index contributed by atoms with van der Waals surface area (Å²) < 4.78 is 5.37. The van der Waals surface area contributed by atoms with Crippen molar-refractivity contribution >= 4 is 0 Å². The van der Waals surface area contributed by atoms with Crippen LogP contribution in [0, 0.1) is 6.92 Å². The zero-order chi connectivity index (χ0) is 13.2. The molecule has 2 N–H and O–H groups in total. The Bertz CT molecular complexity index is 380. The SMILES string of the molecule is Cc1occc1CN(C)C1(CN)CCN(C)CC1. The van der Waals surface area contributed by atoms with Gasteiger partial charge in [-0.15, -0.1) is 0 Å². The summed E-state index contributed by atoms with van der Waals surface area (Å²) in [6.45, 7) is 5.93. The van der Waals surface area contributed by atoms with E-state index in [9.17, 15) is 0 Å². The van der Waals surface area contributed by atoms with Crippen molar-refractivity contribution in [3.63, 3.8) is 0 Å². The fraction of sp³-hybridized carbons (Fsp3) is 0.714. The molecule has 2 rings (SSSR count). The van der Waals surface area contributed by atoms with E-state index in [1.807, 2.05) is 6.92 Å². The Morgan fingerprint density at radius 1 is 1.44 bits per heavy atom. The van der Waals surface area contributed by atoms with Gasteiger partial charge in [0.05, 0.1) is 6.26 Å². The van der Waals surface area contributed by atoms with E-state index >= 15 is 0 Å².